The van der Waals surface area contributed by atoms with Crippen LogP contribution in [0.5, 0.6) is 23.0 Å². The van der Waals surface area contributed by atoms with E-state index in [0.717, 1.165) is 90.4 Å². The molecule has 0 saturated heterocycles. The van der Waals surface area contributed by atoms with Gasteiger partial charge in [-0.3, -0.25) is 0 Å². The number of anilines is 6. The molecule has 0 atom stereocenters. The molecule has 2 aliphatic carbocycles. The third kappa shape index (κ3) is 10.5. The summed E-state index contributed by atoms with van der Waals surface area (Å²) in [7, 11) is 0. The molecule has 0 amide bonds. The summed E-state index contributed by atoms with van der Waals surface area (Å²) >= 11 is 3.72. The van der Waals surface area contributed by atoms with Gasteiger partial charge in [-0.1, -0.05) is 334 Å². The minimum atomic E-state index is -0.620. The number of ether oxygens (including phenoxy) is 2. The summed E-state index contributed by atoms with van der Waals surface area (Å²) in [4.78, 5) is 5.02. The van der Waals surface area contributed by atoms with E-state index in [4.69, 9.17) is 9.47 Å². The van der Waals surface area contributed by atoms with Crippen LogP contribution >= 0.6 is 22.7 Å². The van der Waals surface area contributed by atoms with Crippen LogP contribution in [-0.2, 0) is 10.8 Å². The number of hydrogen-bond donors (Lipinski definition) is 0. The van der Waals surface area contributed by atoms with Gasteiger partial charge in [0, 0.05) is 128 Å². The van der Waals surface area contributed by atoms with Gasteiger partial charge < -0.3 is 28.4 Å². The number of benzene rings is 22. The molecule has 0 unspecified atom stereocenters. The highest BCUT2D eigenvalue weighted by molar-refractivity contribution is 7.26. The first-order valence-electron chi connectivity index (χ1n) is 46.0. The van der Waals surface area contributed by atoms with Gasteiger partial charge in [-0.15, -0.1) is 22.7 Å². The summed E-state index contributed by atoms with van der Waals surface area (Å²) in [6.45, 7) is 0. The van der Waals surface area contributed by atoms with Crippen molar-refractivity contribution in [1.82, 2.24) is 9.13 Å². The highest BCUT2D eigenvalue weighted by atomic mass is 32.1. The first-order valence-corrected chi connectivity index (χ1v) is 47.6. The third-order valence-corrected chi connectivity index (χ3v) is 31.5. The Balaban J connectivity index is 0.000000131. The predicted octanol–water partition coefficient (Wildman–Crippen LogP) is 34.8. The molecule has 4 aliphatic rings. The molecule has 624 valence electrons. The van der Waals surface area contributed by atoms with E-state index in [2.05, 4.69) is 480 Å². The van der Waals surface area contributed by atoms with Crippen molar-refractivity contribution in [1.29, 1.82) is 0 Å². The Morgan fingerprint density at radius 3 is 1.00 bits per heavy atom. The highest BCUT2D eigenvalue weighted by Gasteiger charge is 2.52. The lowest BCUT2D eigenvalue weighted by Crippen LogP contribution is -2.36. The summed E-state index contributed by atoms with van der Waals surface area (Å²) in [5.74, 6) is 3.56. The van der Waals surface area contributed by atoms with E-state index < -0.39 is 10.8 Å². The summed E-state index contributed by atoms with van der Waals surface area (Å²) in [6, 6.07) is 170. The number of hydrogen-bond acceptors (Lipinski definition) is 6. The van der Waals surface area contributed by atoms with Crippen molar-refractivity contribution in [2.45, 2.75) is 10.8 Å². The Kier molecular flexibility index (Phi) is 16.1. The van der Waals surface area contributed by atoms with Gasteiger partial charge in [-0.2, -0.15) is 0 Å². The van der Waals surface area contributed by atoms with E-state index in [-0.39, 0.29) is 0 Å². The van der Waals surface area contributed by atoms with Crippen LogP contribution in [0.2, 0.25) is 0 Å². The van der Waals surface area contributed by atoms with E-state index in [9.17, 15) is 0 Å². The number of nitrogens with zero attached hydrogens (tertiary/aromatic N) is 4. The van der Waals surface area contributed by atoms with Crippen LogP contribution in [0.15, 0.2) is 461 Å². The molecule has 30 rings (SSSR count). The van der Waals surface area contributed by atoms with E-state index in [0.29, 0.717) is 0 Å². The quantitative estimate of drug-likeness (QED) is 0.152. The van der Waals surface area contributed by atoms with Gasteiger partial charge >= 0.3 is 0 Å². The Morgan fingerprint density at radius 2 is 0.515 bits per heavy atom. The molecule has 0 bridgehead atoms. The second-order valence-corrected chi connectivity index (χ2v) is 38.0. The smallest absolute Gasteiger partial charge is 0.132 e. The third-order valence-electron chi connectivity index (χ3n) is 29.3. The van der Waals surface area contributed by atoms with Crippen molar-refractivity contribution in [3.05, 3.63) is 506 Å². The Labute approximate surface area is 779 Å². The fraction of sp³-hybridized carbons (Fsp3) is 0.0159. The molecule has 6 heterocycles. The minimum Gasteiger partial charge on any atom is -0.457 e. The van der Waals surface area contributed by atoms with Crippen LogP contribution < -0.4 is 19.3 Å². The fourth-order valence-corrected chi connectivity index (χ4v) is 26.1. The van der Waals surface area contributed by atoms with Crippen molar-refractivity contribution < 1.29 is 9.47 Å². The van der Waals surface area contributed by atoms with Gasteiger partial charge in [0.1, 0.15) is 23.0 Å². The normalized spacial score (nSPS) is 13.3. The largest absolute Gasteiger partial charge is 0.457 e. The van der Waals surface area contributed by atoms with Gasteiger partial charge in [0.05, 0.1) is 55.6 Å². The average molecular weight is 1740 g/mol. The number of thiophene rings is 2. The van der Waals surface area contributed by atoms with Crippen molar-refractivity contribution in [3.8, 4) is 56.6 Å². The number of rotatable bonds is 8. The van der Waals surface area contributed by atoms with Gasteiger partial charge in [0.25, 0.3) is 0 Å². The van der Waals surface area contributed by atoms with E-state index in [1.807, 2.05) is 22.7 Å². The predicted molar refractivity (Wildman–Crippen MR) is 561 cm³/mol. The summed E-state index contributed by atoms with van der Waals surface area (Å²) in [5, 5.41) is 19.8. The van der Waals surface area contributed by atoms with Crippen LogP contribution in [0.1, 0.15) is 44.5 Å². The average Bonchev–Trinajstić information content (AvgIpc) is 0.780. The number of aromatic nitrogens is 2. The van der Waals surface area contributed by atoms with Crippen molar-refractivity contribution in [2.75, 3.05) is 9.80 Å². The number of fused-ring (bicyclic) bond motifs is 30. The zero-order valence-corrected chi connectivity index (χ0v) is 73.9. The van der Waals surface area contributed by atoms with Gasteiger partial charge in [0.2, 0.25) is 0 Å². The molecule has 2 spiro atoms. The zero-order chi connectivity index (χ0) is 87.6. The van der Waals surface area contributed by atoms with Crippen molar-refractivity contribution >= 4 is 184 Å². The second-order valence-electron chi connectivity index (χ2n) is 35.8. The molecule has 0 N–H and O–H groups in total. The first-order chi connectivity index (χ1) is 66.5. The molecular formula is C126H76N4O2S2. The lowest BCUT2D eigenvalue weighted by Gasteiger charge is -2.45. The minimum absolute atomic E-state index is 0.619. The Morgan fingerprint density at radius 1 is 0.194 bits per heavy atom. The fourth-order valence-electron chi connectivity index (χ4n) is 23.9. The summed E-state index contributed by atoms with van der Waals surface area (Å²) < 4.78 is 23.6. The molecule has 26 aromatic rings. The molecule has 2 aliphatic heterocycles. The van der Waals surface area contributed by atoms with Crippen LogP contribution in [0.4, 0.5) is 34.1 Å². The van der Waals surface area contributed by atoms with Crippen LogP contribution in [-0.4, -0.2) is 9.13 Å². The monoisotopic (exact) mass is 1740 g/mol. The van der Waals surface area contributed by atoms with Crippen LogP contribution in [0, 0.1) is 0 Å². The molecule has 4 aromatic heterocycles. The van der Waals surface area contributed by atoms with Crippen LogP contribution in [0.25, 0.3) is 161 Å². The van der Waals surface area contributed by atoms with E-state index >= 15 is 0 Å². The molecular weight excluding hydrogens is 1670 g/mol. The van der Waals surface area contributed by atoms with Gasteiger partial charge in [-0.25, -0.2) is 0 Å². The van der Waals surface area contributed by atoms with E-state index in [1.165, 1.54) is 172 Å². The summed E-state index contributed by atoms with van der Waals surface area (Å²) in [5.41, 5.74) is 27.1. The standard InChI is InChI=1S/2C63H38N2OS/c1-2-17-42-39(15-1)16-13-27-54(42)65-55-26-9-4-19-44(55)45-33-31-41(38-57(45)65)64(40-32-36-61-49(37-40)46-20-5-12-30-60(46)67-61)56-35-34-47-43-18-3-6-22-50(43)63(53-25-14-21-48(56)62(47)53)51-23-7-10-28-58(51)66-59-29-11-8-24-52(59)63;1-2-17-42-39(15-1)16-13-27-54(42)65-55-26-9-4-19-44(55)45-33-31-40(37-57(45)65)64(41-32-34-47-46-20-5-12-30-60(46)67-61(47)38-41)56-36-35-48-43-18-3-6-22-50(43)63(53-25-14-21-49(56)62(48)53)51-23-7-10-28-58(51)66-59-29-11-8-24-52(59)63/h2*1-38H. The molecule has 8 heteroatoms. The lowest BCUT2D eigenvalue weighted by atomic mass is 9.58. The molecule has 134 heavy (non-hydrogen) atoms. The molecule has 0 saturated carbocycles. The SMILES string of the molecule is c1ccc2c(c1)Oc1ccccc1C21c2ccccc2-c2ccc(N(c3ccc4c(c3)sc3ccccc34)c3ccc4c5ccccc5n(-c5cccc6ccccc56)c4c3)c3cccc1c23.c1ccc2c(c1)Oc1ccccc1C21c2ccccc2-c2ccc(N(c3ccc4sc5ccccc5c4c3)c3ccc4c5ccccc5n(-c5cccc6ccccc56)c4c3)c3cccc1c23. The summed E-state index contributed by atoms with van der Waals surface area (Å²) in [6.07, 6.45) is 0. The molecule has 22 aromatic carbocycles. The molecule has 0 radical (unpaired) electrons. The maximum Gasteiger partial charge on any atom is 0.132 e. The zero-order valence-electron chi connectivity index (χ0n) is 72.3. The number of para-hydroxylation sites is 6. The second kappa shape index (κ2) is 28.8. The maximum absolute atomic E-state index is 6.75. The van der Waals surface area contributed by atoms with Crippen LogP contribution in [0.3, 0.4) is 0 Å². The van der Waals surface area contributed by atoms with Crippen molar-refractivity contribution in [3.63, 3.8) is 0 Å². The first kappa shape index (κ1) is 75.0. The Hall–Kier alpha value is -16.9. The maximum atomic E-state index is 6.75. The van der Waals surface area contributed by atoms with Crippen molar-refractivity contribution in [2.24, 2.45) is 0 Å². The topological polar surface area (TPSA) is 34.8 Å². The molecule has 0 fully saturated rings. The Bertz CT molecular complexity index is 9450. The lowest BCUT2D eigenvalue weighted by molar-refractivity contribution is 0.435. The highest BCUT2D eigenvalue weighted by Crippen LogP contribution is 2.65. The van der Waals surface area contributed by atoms with Gasteiger partial charge in [-0.05, 0) is 193 Å². The van der Waals surface area contributed by atoms with Gasteiger partial charge in [0.15, 0.2) is 0 Å². The molecule has 6 nitrogen and oxygen atoms in total. The van der Waals surface area contributed by atoms with E-state index in [1.54, 1.807) is 0 Å².